The molecule has 18 heavy (non-hydrogen) atoms. The lowest BCUT2D eigenvalue weighted by atomic mass is 10.3. The van der Waals surface area contributed by atoms with Gasteiger partial charge in [0, 0.05) is 0 Å². The maximum atomic E-state index is 12.4. The summed E-state index contributed by atoms with van der Waals surface area (Å²) in [6, 6.07) is 2.69. The molecule has 0 bridgehead atoms. The zero-order valence-electron chi connectivity index (χ0n) is 9.51. The van der Waals surface area contributed by atoms with Crippen molar-refractivity contribution in [3.63, 3.8) is 0 Å². The molecule has 1 saturated carbocycles. The van der Waals surface area contributed by atoms with Crippen LogP contribution < -0.4 is 5.73 Å². The van der Waals surface area contributed by atoms with E-state index in [9.17, 15) is 18.6 Å². The Balaban J connectivity index is 2.51. The van der Waals surface area contributed by atoms with Crippen LogP contribution in [0.5, 0.6) is 5.75 Å². The van der Waals surface area contributed by atoms with Crippen molar-refractivity contribution in [3.8, 4) is 5.75 Å². The topological polar surface area (TPSA) is 101 Å². The van der Waals surface area contributed by atoms with Gasteiger partial charge < -0.3 is 15.9 Å². The highest BCUT2D eigenvalue weighted by Crippen LogP contribution is 2.40. The highest BCUT2D eigenvalue weighted by atomic mass is 35.5. The van der Waals surface area contributed by atoms with Crippen LogP contribution in [0.15, 0.2) is 17.0 Å². The smallest absolute Gasteiger partial charge is 0.186 e. The fourth-order valence-corrected chi connectivity index (χ4v) is 4.66. The molecule has 1 aliphatic carbocycles. The van der Waals surface area contributed by atoms with Gasteiger partial charge in [0.25, 0.3) is 0 Å². The number of hydrogen-bond donors (Lipinski definition) is 3. The molecule has 1 fully saturated rings. The number of rotatable bonds is 2. The van der Waals surface area contributed by atoms with Crippen LogP contribution in [-0.2, 0) is 9.84 Å². The summed E-state index contributed by atoms with van der Waals surface area (Å²) in [6.45, 7) is 0. The molecule has 1 aromatic carbocycles. The van der Waals surface area contributed by atoms with Crippen molar-refractivity contribution in [2.24, 2.45) is 0 Å². The SMILES string of the molecule is Nc1ccc(Cl)c(S(=O)(=O)C2CCC(O)C2)c1O. The molecule has 4 N–H and O–H groups in total. The summed E-state index contributed by atoms with van der Waals surface area (Å²) in [5, 5.41) is 18.4. The average Bonchev–Trinajstić information content (AvgIpc) is 2.71. The molecule has 0 heterocycles. The molecule has 2 unspecified atom stereocenters. The van der Waals surface area contributed by atoms with Crippen LogP contribution >= 0.6 is 11.6 Å². The molecule has 2 rings (SSSR count). The quantitative estimate of drug-likeness (QED) is 0.563. The highest BCUT2D eigenvalue weighted by Gasteiger charge is 2.37. The third-order valence-electron chi connectivity index (χ3n) is 3.19. The minimum absolute atomic E-state index is 0.0310. The Bertz CT molecular complexity index is 573. The molecule has 0 amide bonds. The number of benzene rings is 1. The zero-order valence-corrected chi connectivity index (χ0v) is 11.1. The summed E-state index contributed by atoms with van der Waals surface area (Å²) in [4.78, 5) is -0.330. The molecule has 0 aliphatic heterocycles. The zero-order chi connectivity index (χ0) is 13.5. The number of nitrogen functional groups attached to an aromatic ring is 1. The molecular formula is C11H14ClNO4S. The number of sulfone groups is 1. The van der Waals surface area contributed by atoms with E-state index in [1.165, 1.54) is 12.1 Å². The molecule has 1 aliphatic rings. The second kappa shape index (κ2) is 4.60. The Morgan fingerprint density at radius 2 is 2.00 bits per heavy atom. The van der Waals surface area contributed by atoms with Gasteiger partial charge in [0.15, 0.2) is 15.6 Å². The van der Waals surface area contributed by atoms with Gasteiger partial charge in [-0.3, -0.25) is 0 Å². The number of hydrogen-bond acceptors (Lipinski definition) is 5. The van der Waals surface area contributed by atoms with E-state index in [0.717, 1.165) is 0 Å². The lowest BCUT2D eigenvalue weighted by Gasteiger charge is -2.15. The summed E-state index contributed by atoms with van der Waals surface area (Å²) in [5.41, 5.74) is 5.46. The summed E-state index contributed by atoms with van der Waals surface area (Å²) in [6.07, 6.45) is 0.331. The standard InChI is InChI=1S/C11H14ClNO4S/c12-8-3-4-9(13)10(15)11(8)18(16,17)7-2-1-6(14)5-7/h3-4,6-7,14-15H,1-2,5,13H2. The van der Waals surface area contributed by atoms with E-state index in [1.54, 1.807) is 0 Å². The molecule has 2 atom stereocenters. The van der Waals surface area contributed by atoms with Gasteiger partial charge in [-0.15, -0.1) is 0 Å². The van der Waals surface area contributed by atoms with Crippen LogP contribution in [0.25, 0.3) is 0 Å². The number of nitrogens with two attached hydrogens (primary N) is 1. The molecule has 0 aromatic heterocycles. The fraction of sp³-hybridized carbons (Fsp3) is 0.455. The van der Waals surface area contributed by atoms with Crippen molar-refractivity contribution in [3.05, 3.63) is 17.2 Å². The van der Waals surface area contributed by atoms with Crippen molar-refractivity contribution in [2.75, 3.05) is 5.73 Å². The molecule has 0 saturated heterocycles. The summed E-state index contributed by atoms with van der Waals surface area (Å²) >= 11 is 5.84. The Kier molecular flexibility index (Phi) is 3.44. The maximum absolute atomic E-state index is 12.4. The van der Waals surface area contributed by atoms with E-state index in [1.807, 2.05) is 0 Å². The first-order chi connectivity index (χ1) is 8.34. The van der Waals surface area contributed by atoms with Gasteiger partial charge in [-0.05, 0) is 31.4 Å². The third-order valence-corrected chi connectivity index (χ3v) is 5.91. The molecule has 1 aromatic rings. The molecule has 7 heteroatoms. The van der Waals surface area contributed by atoms with E-state index in [2.05, 4.69) is 0 Å². The Morgan fingerprint density at radius 3 is 2.56 bits per heavy atom. The van der Waals surface area contributed by atoms with E-state index < -0.39 is 26.9 Å². The maximum Gasteiger partial charge on any atom is 0.186 e. The van der Waals surface area contributed by atoms with Crippen molar-refractivity contribution in [1.29, 1.82) is 0 Å². The van der Waals surface area contributed by atoms with Gasteiger partial charge in [0.05, 0.1) is 22.1 Å². The normalized spacial score (nSPS) is 24.3. The van der Waals surface area contributed by atoms with Gasteiger partial charge in [0.1, 0.15) is 4.90 Å². The second-order valence-electron chi connectivity index (χ2n) is 4.45. The van der Waals surface area contributed by atoms with Crippen LogP contribution in [0.2, 0.25) is 5.02 Å². The van der Waals surface area contributed by atoms with Crippen molar-refractivity contribution >= 4 is 27.1 Å². The van der Waals surface area contributed by atoms with Crippen LogP contribution in [0.3, 0.4) is 0 Å². The molecule has 0 radical (unpaired) electrons. The number of phenols is 1. The van der Waals surface area contributed by atoms with E-state index in [4.69, 9.17) is 17.3 Å². The second-order valence-corrected chi connectivity index (χ2v) is 7.02. The molecule has 0 spiro atoms. The number of halogens is 1. The Labute approximate surface area is 110 Å². The van der Waals surface area contributed by atoms with Crippen LogP contribution in [0, 0.1) is 0 Å². The monoisotopic (exact) mass is 291 g/mol. The molecule has 100 valence electrons. The average molecular weight is 292 g/mol. The molecule has 5 nitrogen and oxygen atoms in total. The van der Waals surface area contributed by atoms with E-state index in [-0.39, 0.29) is 22.0 Å². The predicted molar refractivity (Wildman–Crippen MR) is 68.4 cm³/mol. The third kappa shape index (κ3) is 2.15. The molecular weight excluding hydrogens is 278 g/mol. The number of aliphatic hydroxyl groups excluding tert-OH is 1. The van der Waals surface area contributed by atoms with Crippen LogP contribution in [0.1, 0.15) is 19.3 Å². The highest BCUT2D eigenvalue weighted by molar-refractivity contribution is 7.92. The number of aromatic hydroxyl groups is 1. The summed E-state index contributed by atoms with van der Waals surface area (Å²) in [7, 11) is -3.78. The van der Waals surface area contributed by atoms with Crippen molar-refractivity contribution in [1.82, 2.24) is 0 Å². The summed E-state index contributed by atoms with van der Waals surface area (Å²) in [5.74, 6) is -0.510. The van der Waals surface area contributed by atoms with Gasteiger partial charge in [-0.25, -0.2) is 8.42 Å². The Hall–Kier alpha value is -0.980. The van der Waals surface area contributed by atoms with Crippen molar-refractivity contribution < 1.29 is 18.6 Å². The number of anilines is 1. The fourth-order valence-electron chi connectivity index (χ4n) is 2.20. The Morgan fingerprint density at radius 1 is 1.33 bits per heavy atom. The van der Waals surface area contributed by atoms with Gasteiger partial charge in [0.2, 0.25) is 0 Å². The first-order valence-electron chi connectivity index (χ1n) is 5.53. The van der Waals surface area contributed by atoms with Crippen molar-refractivity contribution in [2.45, 2.75) is 35.5 Å². The number of phenolic OH excluding ortho intramolecular Hbond substituents is 1. The lowest BCUT2D eigenvalue weighted by molar-refractivity contribution is 0.183. The predicted octanol–water partition coefficient (Wildman–Crippen LogP) is 1.31. The van der Waals surface area contributed by atoms with Gasteiger partial charge >= 0.3 is 0 Å². The number of aliphatic hydroxyl groups is 1. The first kappa shape index (κ1) is 13.5. The van der Waals surface area contributed by atoms with Crippen LogP contribution in [0.4, 0.5) is 5.69 Å². The largest absolute Gasteiger partial charge is 0.504 e. The van der Waals surface area contributed by atoms with Gasteiger partial charge in [-0.2, -0.15) is 0 Å². The summed E-state index contributed by atoms with van der Waals surface area (Å²) < 4.78 is 24.7. The van der Waals surface area contributed by atoms with E-state index >= 15 is 0 Å². The minimum Gasteiger partial charge on any atom is -0.504 e. The van der Waals surface area contributed by atoms with Gasteiger partial charge in [-0.1, -0.05) is 11.6 Å². The first-order valence-corrected chi connectivity index (χ1v) is 7.45. The lowest BCUT2D eigenvalue weighted by Crippen LogP contribution is -2.20. The van der Waals surface area contributed by atoms with E-state index in [0.29, 0.717) is 12.8 Å². The minimum atomic E-state index is -3.78. The van der Waals surface area contributed by atoms with Crippen LogP contribution in [-0.4, -0.2) is 30.0 Å².